The standard InChI is InChI=1S/C16H15N5O4/c1-2-17-15(22)20-13-8-14(19-9-18-13)25-11-4-3-10-5-6-21(16(23)24)12(10)7-11/h3-9H,2H2,1H3,(H,23,24)(H2,17,18,19,20,22). The van der Waals surface area contributed by atoms with Crippen LogP contribution in [0.25, 0.3) is 10.9 Å². The van der Waals surface area contributed by atoms with Crippen LogP contribution in [0.15, 0.2) is 42.9 Å². The number of fused-ring (bicyclic) bond motifs is 1. The van der Waals surface area contributed by atoms with Gasteiger partial charge in [0, 0.05) is 30.3 Å². The largest absolute Gasteiger partial charge is 0.464 e. The molecule has 0 fully saturated rings. The quantitative estimate of drug-likeness (QED) is 0.671. The molecule has 3 aromatic rings. The molecule has 3 N–H and O–H groups in total. The molecule has 0 aliphatic heterocycles. The number of carboxylic acid groups (broad SMARTS) is 1. The number of carbonyl (C=O) groups is 2. The number of anilines is 1. The van der Waals surface area contributed by atoms with Gasteiger partial charge in [-0.25, -0.2) is 19.6 Å². The third-order valence-corrected chi connectivity index (χ3v) is 3.31. The summed E-state index contributed by atoms with van der Waals surface area (Å²) in [7, 11) is 0. The number of aromatic nitrogens is 3. The van der Waals surface area contributed by atoms with Crippen LogP contribution < -0.4 is 15.4 Å². The Morgan fingerprint density at radius 2 is 2.08 bits per heavy atom. The number of hydrogen-bond acceptors (Lipinski definition) is 5. The van der Waals surface area contributed by atoms with Crippen LogP contribution in [0.4, 0.5) is 15.4 Å². The minimum atomic E-state index is -1.08. The highest BCUT2D eigenvalue weighted by Gasteiger charge is 2.09. The van der Waals surface area contributed by atoms with Crippen molar-refractivity contribution in [1.29, 1.82) is 0 Å². The second kappa shape index (κ2) is 6.87. The summed E-state index contributed by atoms with van der Waals surface area (Å²) in [6.45, 7) is 2.29. The fraction of sp³-hybridized carbons (Fsp3) is 0.125. The summed E-state index contributed by atoms with van der Waals surface area (Å²) >= 11 is 0. The number of amides is 2. The van der Waals surface area contributed by atoms with Crippen molar-refractivity contribution in [3.63, 3.8) is 0 Å². The van der Waals surface area contributed by atoms with Gasteiger partial charge in [-0.2, -0.15) is 0 Å². The van der Waals surface area contributed by atoms with Crippen molar-refractivity contribution in [1.82, 2.24) is 19.9 Å². The van der Waals surface area contributed by atoms with Gasteiger partial charge in [-0.3, -0.25) is 9.88 Å². The highest BCUT2D eigenvalue weighted by molar-refractivity contribution is 5.90. The Morgan fingerprint density at radius 3 is 2.84 bits per heavy atom. The van der Waals surface area contributed by atoms with Crippen LogP contribution >= 0.6 is 0 Å². The maximum absolute atomic E-state index is 11.5. The summed E-state index contributed by atoms with van der Waals surface area (Å²) in [6, 6.07) is 7.84. The first kappa shape index (κ1) is 16.2. The van der Waals surface area contributed by atoms with Crippen LogP contribution in [0, 0.1) is 0 Å². The van der Waals surface area contributed by atoms with Gasteiger partial charge in [-0.15, -0.1) is 0 Å². The van der Waals surface area contributed by atoms with E-state index in [1.807, 2.05) is 0 Å². The molecule has 2 amide bonds. The Bertz CT molecular complexity index is 937. The molecule has 2 heterocycles. The first-order valence-electron chi connectivity index (χ1n) is 7.46. The van der Waals surface area contributed by atoms with Crippen molar-refractivity contribution in [2.24, 2.45) is 0 Å². The first-order valence-corrected chi connectivity index (χ1v) is 7.46. The average molecular weight is 341 g/mol. The third-order valence-electron chi connectivity index (χ3n) is 3.31. The van der Waals surface area contributed by atoms with Gasteiger partial charge in [0.2, 0.25) is 5.88 Å². The van der Waals surface area contributed by atoms with Crippen molar-refractivity contribution >= 4 is 28.8 Å². The number of urea groups is 1. The van der Waals surface area contributed by atoms with Gasteiger partial charge >= 0.3 is 12.1 Å². The van der Waals surface area contributed by atoms with Crippen molar-refractivity contribution in [2.45, 2.75) is 6.92 Å². The highest BCUT2D eigenvalue weighted by Crippen LogP contribution is 2.26. The monoisotopic (exact) mass is 341 g/mol. The fourth-order valence-corrected chi connectivity index (χ4v) is 2.24. The SMILES string of the molecule is CCNC(=O)Nc1cc(Oc2ccc3ccn(C(=O)O)c3c2)ncn1. The van der Waals surface area contributed by atoms with Gasteiger partial charge in [-0.1, -0.05) is 0 Å². The van der Waals surface area contributed by atoms with E-state index in [9.17, 15) is 14.7 Å². The van der Waals surface area contributed by atoms with E-state index in [-0.39, 0.29) is 17.7 Å². The van der Waals surface area contributed by atoms with Crippen LogP contribution in [0.5, 0.6) is 11.6 Å². The lowest BCUT2D eigenvalue weighted by Crippen LogP contribution is -2.28. The fourth-order valence-electron chi connectivity index (χ4n) is 2.24. The smallest absolute Gasteiger partial charge is 0.416 e. The second-order valence-electron chi connectivity index (χ2n) is 5.02. The van der Waals surface area contributed by atoms with E-state index in [2.05, 4.69) is 20.6 Å². The van der Waals surface area contributed by atoms with Crippen molar-refractivity contribution in [2.75, 3.05) is 11.9 Å². The number of ether oxygens (including phenoxy) is 1. The molecule has 0 atom stereocenters. The van der Waals surface area contributed by atoms with Gasteiger partial charge in [-0.05, 0) is 25.1 Å². The highest BCUT2D eigenvalue weighted by atomic mass is 16.5. The molecule has 0 saturated heterocycles. The number of nitrogens with one attached hydrogen (secondary N) is 2. The third kappa shape index (κ3) is 3.66. The average Bonchev–Trinajstić information content (AvgIpc) is 2.98. The van der Waals surface area contributed by atoms with Gasteiger partial charge in [0.25, 0.3) is 0 Å². The molecule has 3 rings (SSSR count). The Kier molecular flexibility index (Phi) is 4.46. The lowest BCUT2D eigenvalue weighted by molar-refractivity contribution is 0.197. The van der Waals surface area contributed by atoms with Gasteiger partial charge < -0.3 is 15.2 Å². The number of rotatable bonds is 4. The maximum atomic E-state index is 11.5. The predicted octanol–water partition coefficient (Wildman–Crippen LogP) is 2.89. The zero-order chi connectivity index (χ0) is 17.8. The van der Waals surface area contributed by atoms with E-state index in [1.165, 1.54) is 18.6 Å². The number of carbonyl (C=O) groups excluding carboxylic acids is 1. The number of hydrogen-bond donors (Lipinski definition) is 3. The summed E-state index contributed by atoms with van der Waals surface area (Å²) in [5, 5.41) is 15.1. The number of benzene rings is 1. The van der Waals surface area contributed by atoms with E-state index in [1.54, 1.807) is 31.2 Å². The molecule has 0 spiro atoms. The second-order valence-corrected chi connectivity index (χ2v) is 5.02. The van der Waals surface area contributed by atoms with Crippen LogP contribution in [0.2, 0.25) is 0 Å². The Hall–Kier alpha value is -3.62. The van der Waals surface area contributed by atoms with E-state index in [4.69, 9.17) is 4.74 Å². The molecule has 0 radical (unpaired) electrons. The topological polar surface area (TPSA) is 118 Å². The molecular weight excluding hydrogens is 326 g/mol. The van der Waals surface area contributed by atoms with Crippen molar-refractivity contribution < 1.29 is 19.4 Å². The summed E-state index contributed by atoms with van der Waals surface area (Å²) < 4.78 is 6.75. The minimum absolute atomic E-state index is 0.217. The zero-order valence-corrected chi connectivity index (χ0v) is 13.3. The van der Waals surface area contributed by atoms with E-state index >= 15 is 0 Å². The lowest BCUT2D eigenvalue weighted by Gasteiger charge is -2.08. The normalized spacial score (nSPS) is 10.4. The predicted molar refractivity (Wildman–Crippen MR) is 90.2 cm³/mol. The summed E-state index contributed by atoms with van der Waals surface area (Å²) in [4.78, 5) is 30.6. The molecule has 0 aliphatic carbocycles. The molecule has 1 aromatic carbocycles. The van der Waals surface area contributed by atoms with Crippen molar-refractivity contribution in [3.05, 3.63) is 42.9 Å². The van der Waals surface area contributed by atoms with E-state index < -0.39 is 6.09 Å². The first-order chi connectivity index (χ1) is 12.1. The molecule has 128 valence electrons. The van der Waals surface area contributed by atoms with E-state index in [0.29, 0.717) is 17.8 Å². The van der Waals surface area contributed by atoms with Gasteiger partial charge in [0.15, 0.2) is 0 Å². The molecular formula is C16H15N5O4. The van der Waals surface area contributed by atoms with Gasteiger partial charge in [0.05, 0.1) is 5.52 Å². The molecule has 9 heteroatoms. The summed E-state index contributed by atoms with van der Waals surface area (Å²) in [6.07, 6.45) is 1.65. The molecule has 9 nitrogen and oxygen atoms in total. The van der Waals surface area contributed by atoms with Crippen LogP contribution in [-0.4, -0.2) is 38.3 Å². The molecule has 25 heavy (non-hydrogen) atoms. The Balaban J connectivity index is 1.82. The van der Waals surface area contributed by atoms with Crippen LogP contribution in [0.3, 0.4) is 0 Å². The zero-order valence-electron chi connectivity index (χ0n) is 13.3. The molecule has 0 bridgehead atoms. The summed E-state index contributed by atoms with van der Waals surface area (Å²) in [5.74, 6) is 0.914. The molecule has 0 aliphatic rings. The van der Waals surface area contributed by atoms with Crippen LogP contribution in [0.1, 0.15) is 6.92 Å². The number of nitrogens with zero attached hydrogens (tertiary/aromatic N) is 3. The Morgan fingerprint density at radius 1 is 1.24 bits per heavy atom. The van der Waals surface area contributed by atoms with E-state index in [0.717, 1.165) is 9.95 Å². The maximum Gasteiger partial charge on any atom is 0.416 e. The molecule has 0 unspecified atom stereocenters. The van der Waals surface area contributed by atoms with Crippen LogP contribution in [-0.2, 0) is 0 Å². The minimum Gasteiger partial charge on any atom is -0.464 e. The van der Waals surface area contributed by atoms with Gasteiger partial charge in [0.1, 0.15) is 17.9 Å². The Labute approximate surface area is 142 Å². The van der Waals surface area contributed by atoms with Crippen molar-refractivity contribution in [3.8, 4) is 11.6 Å². The molecule has 2 aromatic heterocycles. The lowest BCUT2D eigenvalue weighted by atomic mass is 10.2. The summed E-state index contributed by atoms with van der Waals surface area (Å²) in [5.41, 5.74) is 0.500. The molecule has 0 saturated carbocycles.